The van der Waals surface area contributed by atoms with Crippen molar-refractivity contribution in [1.82, 2.24) is 19.2 Å². The first-order chi connectivity index (χ1) is 15.0. The molecule has 4 aromatic rings. The van der Waals surface area contributed by atoms with E-state index in [2.05, 4.69) is 15.4 Å². The van der Waals surface area contributed by atoms with Crippen LogP contribution in [0.25, 0.3) is 5.65 Å². The lowest BCUT2D eigenvalue weighted by molar-refractivity contribution is -0.117. The van der Waals surface area contributed by atoms with Crippen LogP contribution in [0.1, 0.15) is 11.1 Å². The molecule has 0 unspecified atom stereocenters. The largest absolute Gasteiger partial charge is 0.350 e. The Hall–Kier alpha value is -3.61. The molecule has 8 nitrogen and oxygen atoms in total. The number of carbonyl (C=O) groups is 1. The Morgan fingerprint density at radius 1 is 1.23 bits per heavy atom. The van der Waals surface area contributed by atoms with Crippen molar-refractivity contribution in [2.45, 2.75) is 17.3 Å². The van der Waals surface area contributed by atoms with E-state index in [1.54, 1.807) is 24.3 Å². The molecule has 2 heterocycles. The minimum Gasteiger partial charge on any atom is -0.324 e. The first-order valence-corrected chi connectivity index (χ1v) is 10.5. The third-order valence-corrected chi connectivity index (χ3v) is 5.62. The number of nitriles is 1. The third kappa shape index (κ3) is 4.77. The number of anilines is 1. The highest BCUT2D eigenvalue weighted by Gasteiger charge is 2.15. The number of nitrogens with one attached hydrogen (secondary N) is 1. The van der Waals surface area contributed by atoms with Crippen molar-refractivity contribution in [3.8, 4) is 6.07 Å². The van der Waals surface area contributed by atoms with Gasteiger partial charge in [-0.2, -0.15) is 5.26 Å². The normalized spacial score (nSPS) is 10.7. The number of halogens is 1. The van der Waals surface area contributed by atoms with Gasteiger partial charge in [-0.3, -0.25) is 4.79 Å². The van der Waals surface area contributed by atoms with E-state index in [0.717, 1.165) is 10.2 Å². The van der Waals surface area contributed by atoms with Crippen LogP contribution in [0.3, 0.4) is 0 Å². The quantitative estimate of drug-likeness (QED) is 0.451. The third-order valence-electron chi connectivity index (χ3n) is 4.33. The molecule has 1 amide bonds. The highest BCUT2D eigenvalue weighted by Crippen LogP contribution is 2.24. The summed E-state index contributed by atoms with van der Waals surface area (Å²) in [5.41, 5.74) is 1.90. The van der Waals surface area contributed by atoms with Crippen LogP contribution in [0.2, 0.25) is 5.02 Å². The average molecular weight is 451 g/mol. The first-order valence-electron chi connectivity index (χ1n) is 9.15. The van der Waals surface area contributed by atoms with E-state index < -0.39 is 11.6 Å². The highest BCUT2D eigenvalue weighted by atomic mass is 35.5. The molecule has 0 saturated carbocycles. The fraction of sp³-hybridized carbons (Fsp3) is 0.0952. The summed E-state index contributed by atoms with van der Waals surface area (Å²) in [6, 6.07) is 16.0. The van der Waals surface area contributed by atoms with Gasteiger partial charge in [-0.25, -0.2) is 18.9 Å². The van der Waals surface area contributed by atoms with Crippen molar-refractivity contribution in [2.24, 2.45) is 0 Å². The second kappa shape index (κ2) is 9.04. The molecule has 154 valence electrons. The molecule has 0 atom stereocenters. The van der Waals surface area contributed by atoms with Crippen LogP contribution in [-0.4, -0.2) is 25.1 Å². The van der Waals surface area contributed by atoms with Gasteiger partial charge in [-0.05, 0) is 35.9 Å². The predicted octanol–water partition coefficient (Wildman–Crippen LogP) is 3.35. The molecule has 2 aromatic carbocycles. The number of nitrogens with zero attached hydrogens (tertiary/aromatic N) is 5. The zero-order valence-electron chi connectivity index (χ0n) is 16.0. The van der Waals surface area contributed by atoms with Gasteiger partial charge in [-0.15, -0.1) is 5.10 Å². The van der Waals surface area contributed by atoms with Crippen LogP contribution in [0.5, 0.6) is 0 Å². The maximum atomic E-state index is 12.7. The van der Waals surface area contributed by atoms with E-state index in [9.17, 15) is 9.59 Å². The minimum atomic E-state index is -0.438. The predicted molar refractivity (Wildman–Crippen MR) is 118 cm³/mol. The van der Waals surface area contributed by atoms with Gasteiger partial charge >= 0.3 is 5.69 Å². The summed E-state index contributed by atoms with van der Waals surface area (Å²) in [4.78, 5) is 29.4. The van der Waals surface area contributed by atoms with Crippen molar-refractivity contribution in [3.63, 3.8) is 0 Å². The number of hydrogen-bond donors (Lipinski definition) is 1. The zero-order valence-corrected chi connectivity index (χ0v) is 17.6. The van der Waals surface area contributed by atoms with Gasteiger partial charge < -0.3 is 5.32 Å². The summed E-state index contributed by atoms with van der Waals surface area (Å²) in [5, 5.41) is 17.2. The molecule has 4 rings (SSSR count). The number of carbonyl (C=O) groups excluding carboxylic acids is 1. The van der Waals surface area contributed by atoms with Crippen LogP contribution in [0.15, 0.2) is 70.7 Å². The van der Waals surface area contributed by atoms with Crippen molar-refractivity contribution in [3.05, 3.63) is 87.6 Å². The van der Waals surface area contributed by atoms with Gasteiger partial charge in [0, 0.05) is 28.9 Å². The summed E-state index contributed by atoms with van der Waals surface area (Å²) in [5.74, 6) is 0.199. The Morgan fingerprint density at radius 3 is 2.81 bits per heavy atom. The number of thioether (sulfide) groups is 1. The summed E-state index contributed by atoms with van der Waals surface area (Å²) < 4.78 is 2.45. The van der Waals surface area contributed by atoms with Crippen molar-refractivity contribution < 1.29 is 4.79 Å². The lowest BCUT2D eigenvalue weighted by Gasteiger charge is -2.04. The number of fused-ring (bicyclic) bond motifs is 1. The van der Waals surface area contributed by atoms with E-state index in [0.29, 0.717) is 32.7 Å². The van der Waals surface area contributed by atoms with Crippen LogP contribution < -0.4 is 11.0 Å². The molecule has 10 heteroatoms. The van der Waals surface area contributed by atoms with E-state index in [1.165, 1.54) is 28.6 Å². The molecule has 31 heavy (non-hydrogen) atoms. The molecule has 0 fully saturated rings. The van der Waals surface area contributed by atoms with Gasteiger partial charge in [0.2, 0.25) is 5.91 Å². The number of aromatic nitrogens is 4. The fourth-order valence-corrected chi connectivity index (χ4v) is 3.89. The smallest absolute Gasteiger partial charge is 0.324 e. The summed E-state index contributed by atoms with van der Waals surface area (Å²) in [6.07, 6.45) is 3.04. The summed E-state index contributed by atoms with van der Waals surface area (Å²) in [7, 11) is 0. The first kappa shape index (κ1) is 20.7. The topological polar surface area (TPSA) is 105 Å². The van der Waals surface area contributed by atoms with Gasteiger partial charge in [-0.1, -0.05) is 41.6 Å². The highest BCUT2D eigenvalue weighted by molar-refractivity contribution is 7.98. The molecule has 0 saturated heterocycles. The van der Waals surface area contributed by atoms with Gasteiger partial charge in [0.1, 0.15) is 11.6 Å². The second-order valence-corrected chi connectivity index (χ2v) is 7.92. The molecule has 1 N–H and O–H groups in total. The summed E-state index contributed by atoms with van der Waals surface area (Å²) >= 11 is 7.35. The molecule has 0 radical (unpaired) electrons. The monoisotopic (exact) mass is 450 g/mol. The van der Waals surface area contributed by atoms with E-state index in [1.807, 2.05) is 30.3 Å². The SMILES string of the molecule is N#Cc1cccc(NC(=O)Cn2nc3c(SCc4ccc(Cl)cc4)nccn3c2=O)c1. The van der Waals surface area contributed by atoms with E-state index in [-0.39, 0.29) is 6.54 Å². The molecule has 0 spiro atoms. The standard InChI is InChI=1S/C21H15ClN6O2S/c22-16-6-4-14(5-7-16)13-31-20-19-26-28(21(30)27(19)9-8-24-20)12-18(29)25-17-3-1-2-15(10-17)11-23/h1-10H,12-13H2,(H,25,29). The molecule has 2 aromatic heterocycles. The average Bonchev–Trinajstić information content (AvgIpc) is 3.09. The maximum Gasteiger partial charge on any atom is 0.350 e. The van der Waals surface area contributed by atoms with Crippen molar-refractivity contribution >= 4 is 40.6 Å². The van der Waals surface area contributed by atoms with Crippen LogP contribution >= 0.6 is 23.4 Å². The summed E-state index contributed by atoms with van der Waals surface area (Å²) in [6.45, 7) is -0.265. The van der Waals surface area contributed by atoms with E-state index >= 15 is 0 Å². The number of amides is 1. The second-order valence-electron chi connectivity index (χ2n) is 6.52. The van der Waals surface area contributed by atoms with Gasteiger partial charge in [0.05, 0.1) is 11.6 Å². The molecular formula is C21H15ClN6O2S. The van der Waals surface area contributed by atoms with Crippen LogP contribution in [0, 0.1) is 11.3 Å². The van der Waals surface area contributed by atoms with Crippen LogP contribution in [0.4, 0.5) is 5.69 Å². The Bertz CT molecular complexity index is 1360. The number of rotatable bonds is 6. The zero-order chi connectivity index (χ0) is 21.8. The Morgan fingerprint density at radius 2 is 2.03 bits per heavy atom. The lowest BCUT2D eigenvalue weighted by Crippen LogP contribution is -2.28. The minimum absolute atomic E-state index is 0.265. The Balaban J connectivity index is 1.52. The maximum absolute atomic E-state index is 12.7. The van der Waals surface area contributed by atoms with Gasteiger partial charge in [0.25, 0.3) is 0 Å². The molecule has 0 bridgehead atoms. The fourth-order valence-electron chi connectivity index (χ4n) is 2.87. The molecular weight excluding hydrogens is 436 g/mol. The Kier molecular flexibility index (Phi) is 6.02. The number of hydrogen-bond acceptors (Lipinski definition) is 6. The van der Waals surface area contributed by atoms with E-state index in [4.69, 9.17) is 16.9 Å². The molecule has 0 aliphatic carbocycles. The molecule has 0 aliphatic heterocycles. The molecule has 0 aliphatic rings. The van der Waals surface area contributed by atoms with Crippen molar-refractivity contribution in [2.75, 3.05) is 5.32 Å². The van der Waals surface area contributed by atoms with Gasteiger partial charge in [0.15, 0.2) is 5.65 Å². The Labute approximate surface area is 186 Å². The van der Waals surface area contributed by atoms with Crippen LogP contribution in [-0.2, 0) is 17.1 Å². The lowest BCUT2D eigenvalue weighted by atomic mass is 10.2. The van der Waals surface area contributed by atoms with Crippen molar-refractivity contribution in [1.29, 1.82) is 5.26 Å². The number of benzene rings is 2.